The molecule has 0 atom stereocenters. The van der Waals surface area contributed by atoms with E-state index in [1.807, 2.05) is 35.9 Å². The average molecular weight is 259 g/mol. The Hall–Kier alpha value is -0.600. The molecule has 3 heteroatoms. The zero-order valence-corrected chi connectivity index (χ0v) is 9.51. The normalized spacial score (nSPS) is 9.69. The maximum Gasteiger partial charge on any atom is 0.275 e. The summed E-state index contributed by atoms with van der Waals surface area (Å²) in [4.78, 5) is 0. The summed E-state index contributed by atoms with van der Waals surface area (Å²) in [5, 5.41) is 1.97. The summed E-state index contributed by atoms with van der Waals surface area (Å²) in [6, 6.07) is 12.1. The van der Waals surface area contributed by atoms with E-state index in [2.05, 4.69) is 12.1 Å². The van der Waals surface area contributed by atoms with Gasteiger partial charge < -0.3 is 17.0 Å². The lowest BCUT2D eigenvalue weighted by atomic mass is 10.2. The Morgan fingerprint density at radius 1 is 1.08 bits per heavy atom. The van der Waals surface area contributed by atoms with Crippen LogP contribution >= 0.6 is 11.6 Å². The smallest absolute Gasteiger partial charge is 0.275 e. The third-order valence-electron chi connectivity index (χ3n) is 2.02. The molecule has 0 saturated heterocycles. The molecule has 13 heavy (non-hydrogen) atoms. The monoisotopic (exact) mass is 257 g/mol. The van der Waals surface area contributed by atoms with Crippen molar-refractivity contribution >= 4 is 22.5 Å². The van der Waals surface area contributed by atoms with E-state index in [4.69, 9.17) is 11.6 Å². The van der Waals surface area contributed by atoms with Gasteiger partial charge in [-0.3, -0.25) is 0 Å². The third kappa shape index (κ3) is 1.84. The molecule has 68 valence electrons. The van der Waals surface area contributed by atoms with Crippen LogP contribution < -0.4 is 21.5 Å². The molecule has 0 radical (unpaired) electrons. The van der Waals surface area contributed by atoms with Crippen LogP contribution in [0.4, 0.5) is 0 Å². The van der Waals surface area contributed by atoms with Gasteiger partial charge in [0.25, 0.3) is 5.15 Å². The van der Waals surface area contributed by atoms with Crippen molar-refractivity contribution in [2.24, 2.45) is 7.05 Å². The fourth-order valence-electron chi connectivity index (χ4n) is 1.32. The summed E-state index contributed by atoms with van der Waals surface area (Å²) in [6.07, 6.45) is 0. The van der Waals surface area contributed by atoms with Crippen LogP contribution in [-0.2, 0) is 7.05 Å². The fourth-order valence-corrected chi connectivity index (χ4v) is 1.47. The standard InChI is InChI=1S/C10H9ClN.BrH/c1-12-9-5-3-2-4-8(9)6-7-10(12)11;/h2-7H,1H3;1H/q+1;/p-1. The van der Waals surface area contributed by atoms with Crippen molar-refractivity contribution in [1.29, 1.82) is 0 Å². The molecule has 0 fully saturated rings. The Morgan fingerprint density at radius 3 is 2.54 bits per heavy atom. The van der Waals surface area contributed by atoms with Crippen molar-refractivity contribution in [3.63, 3.8) is 0 Å². The van der Waals surface area contributed by atoms with E-state index in [1.54, 1.807) is 0 Å². The minimum Gasteiger partial charge on any atom is -1.00 e. The van der Waals surface area contributed by atoms with E-state index in [1.165, 1.54) is 5.39 Å². The second-order valence-corrected chi connectivity index (χ2v) is 3.16. The van der Waals surface area contributed by atoms with Gasteiger partial charge in [0.1, 0.15) is 7.05 Å². The molecule has 1 aromatic carbocycles. The summed E-state index contributed by atoms with van der Waals surface area (Å²) in [5.74, 6) is 0. The van der Waals surface area contributed by atoms with Crippen molar-refractivity contribution in [2.45, 2.75) is 0 Å². The predicted molar refractivity (Wildman–Crippen MR) is 50.1 cm³/mol. The first kappa shape index (κ1) is 10.5. The summed E-state index contributed by atoms with van der Waals surface area (Å²) >= 11 is 5.95. The SMILES string of the molecule is C[n+]1c(Cl)ccc2ccccc21.[Br-]. The topological polar surface area (TPSA) is 3.88 Å². The van der Waals surface area contributed by atoms with Crippen LogP contribution in [-0.4, -0.2) is 0 Å². The molecule has 1 heterocycles. The average Bonchev–Trinajstić information content (AvgIpc) is 2.12. The molecule has 0 aliphatic heterocycles. The molecule has 2 rings (SSSR count). The molecule has 0 bridgehead atoms. The van der Waals surface area contributed by atoms with Crippen molar-refractivity contribution in [3.8, 4) is 0 Å². The Balaban J connectivity index is 0.000000845. The van der Waals surface area contributed by atoms with E-state index in [0.717, 1.165) is 10.7 Å². The predicted octanol–water partition coefficient (Wildman–Crippen LogP) is -0.678. The number of nitrogens with zero attached hydrogens (tertiary/aromatic N) is 1. The maximum absolute atomic E-state index is 5.95. The Bertz CT molecular complexity index is 428. The van der Waals surface area contributed by atoms with Crippen LogP contribution in [0.25, 0.3) is 10.9 Å². The van der Waals surface area contributed by atoms with Crippen LogP contribution in [0.5, 0.6) is 0 Å². The van der Waals surface area contributed by atoms with Crippen molar-refractivity contribution in [1.82, 2.24) is 0 Å². The minimum absolute atomic E-state index is 0. The van der Waals surface area contributed by atoms with Crippen LogP contribution in [0.3, 0.4) is 0 Å². The zero-order valence-electron chi connectivity index (χ0n) is 7.17. The number of pyridine rings is 1. The van der Waals surface area contributed by atoms with E-state index in [-0.39, 0.29) is 17.0 Å². The van der Waals surface area contributed by atoms with Crippen LogP contribution in [0, 0.1) is 0 Å². The second-order valence-electron chi connectivity index (χ2n) is 2.77. The molecule has 2 aromatic rings. The van der Waals surface area contributed by atoms with Gasteiger partial charge in [-0.1, -0.05) is 12.1 Å². The number of hydrogen-bond acceptors (Lipinski definition) is 0. The van der Waals surface area contributed by atoms with E-state index in [0.29, 0.717) is 0 Å². The highest BCUT2D eigenvalue weighted by Gasteiger charge is 2.06. The third-order valence-corrected chi connectivity index (χ3v) is 2.40. The molecule has 0 aliphatic rings. The lowest BCUT2D eigenvalue weighted by molar-refractivity contribution is -0.642. The number of aryl methyl sites for hydroxylation is 1. The molecule has 0 spiro atoms. The summed E-state index contributed by atoms with van der Waals surface area (Å²) in [6.45, 7) is 0. The molecular weight excluding hydrogens is 249 g/mol. The van der Waals surface area contributed by atoms with Gasteiger partial charge in [-0.05, 0) is 23.7 Å². The number of halogens is 2. The number of hydrogen-bond donors (Lipinski definition) is 0. The Labute approximate surface area is 92.7 Å². The molecule has 1 nitrogen and oxygen atoms in total. The van der Waals surface area contributed by atoms with Gasteiger partial charge in [0.2, 0.25) is 5.52 Å². The first-order valence-corrected chi connectivity index (χ1v) is 4.20. The highest BCUT2D eigenvalue weighted by Crippen LogP contribution is 2.11. The molecular formula is C10H9BrClN. The summed E-state index contributed by atoms with van der Waals surface area (Å²) in [5.41, 5.74) is 1.16. The lowest BCUT2D eigenvalue weighted by Gasteiger charge is -1.96. The summed E-state index contributed by atoms with van der Waals surface area (Å²) < 4.78 is 1.97. The van der Waals surface area contributed by atoms with E-state index < -0.39 is 0 Å². The van der Waals surface area contributed by atoms with Crippen molar-refractivity contribution in [3.05, 3.63) is 41.6 Å². The first-order chi connectivity index (χ1) is 5.79. The van der Waals surface area contributed by atoms with Gasteiger partial charge in [-0.2, -0.15) is 4.57 Å². The van der Waals surface area contributed by atoms with Gasteiger partial charge in [-0.15, -0.1) is 0 Å². The lowest BCUT2D eigenvalue weighted by Crippen LogP contribution is -3.00. The largest absolute Gasteiger partial charge is 1.00 e. The van der Waals surface area contributed by atoms with Gasteiger partial charge >= 0.3 is 0 Å². The van der Waals surface area contributed by atoms with Crippen LogP contribution in [0.2, 0.25) is 5.15 Å². The zero-order chi connectivity index (χ0) is 8.55. The number of fused-ring (bicyclic) bond motifs is 1. The molecule has 0 saturated carbocycles. The van der Waals surface area contributed by atoms with Gasteiger partial charge in [0.15, 0.2) is 0 Å². The number of aromatic nitrogens is 1. The van der Waals surface area contributed by atoms with E-state index >= 15 is 0 Å². The molecule has 0 N–H and O–H groups in total. The Morgan fingerprint density at radius 2 is 1.77 bits per heavy atom. The number of rotatable bonds is 0. The highest BCUT2D eigenvalue weighted by atomic mass is 79.9. The summed E-state index contributed by atoms with van der Waals surface area (Å²) in [7, 11) is 1.96. The van der Waals surface area contributed by atoms with Crippen molar-refractivity contribution < 1.29 is 21.5 Å². The minimum atomic E-state index is 0. The molecule has 0 amide bonds. The fraction of sp³-hybridized carbons (Fsp3) is 0.100. The Kier molecular flexibility index (Phi) is 3.28. The maximum atomic E-state index is 5.95. The van der Waals surface area contributed by atoms with Gasteiger partial charge in [0, 0.05) is 17.5 Å². The number of benzene rings is 1. The molecule has 0 aliphatic carbocycles. The first-order valence-electron chi connectivity index (χ1n) is 3.82. The van der Waals surface area contributed by atoms with Crippen LogP contribution in [0.15, 0.2) is 36.4 Å². The van der Waals surface area contributed by atoms with Gasteiger partial charge in [0.05, 0.1) is 0 Å². The van der Waals surface area contributed by atoms with Crippen LogP contribution in [0.1, 0.15) is 0 Å². The number of para-hydroxylation sites is 1. The van der Waals surface area contributed by atoms with Crippen molar-refractivity contribution in [2.75, 3.05) is 0 Å². The van der Waals surface area contributed by atoms with E-state index in [9.17, 15) is 0 Å². The molecule has 1 aromatic heterocycles. The quantitative estimate of drug-likeness (QED) is 0.436. The van der Waals surface area contributed by atoms with Gasteiger partial charge in [-0.25, -0.2) is 0 Å². The highest BCUT2D eigenvalue weighted by molar-refractivity contribution is 6.28. The molecule has 0 unspecified atom stereocenters. The second kappa shape index (κ2) is 4.07.